The minimum atomic E-state index is -3.67. The van der Waals surface area contributed by atoms with Crippen LogP contribution in [-0.4, -0.2) is 80.5 Å². The largest absolute Gasteiger partial charge is 0.370 e. The van der Waals surface area contributed by atoms with E-state index in [4.69, 9.17) is 4.74 Å². The summed E-state index contributed by atoms with van der Waals surface area (Å²) >= 11 is 3.45. The van der Waals surface area contributed by atoms with Crippen molar-refractivity contribution in [1.29, 1.82) is 0 Å². The summed E-state index contributed by atoms with van der Waals surface area (Å²) in [6, 6.07) is 7.35. The van der Waals surface area contributed by atoms with Gasteiger partial charge in [0.25, 0.3) is 0 Å². The molecule has 2 aliphatic heterocycles. The maximum atomic E-state index is 13.6. The molecule has 1 amide bonds. The number of piperazine rings is 1. The van der Waals surface area contributed by atoms with Crippen molar-refractivity contribution in [2.24, 2.45) is 0 Å². The van der Waals surface area contributed by atoms with Crippen LogP contribution in [0.4, 0.5) is 5.69 Å². The van der Waals surface area contributed by atoms with Crippen molar-refractivity contribution in [3.05, 3.63) is 52.3 Å². The number of benzene rings is 1. The van der Waals surface area contributed by atoms with Gasteiger partial charge >= 0.3 is 0 Å². The molecule has 3 heterocycles. The molecule has 0 radical (unpaired) electrons. The number of aryl methyl sites for hydroxylation is 2. The van der Waals surface area contributed by atoms with Gasteiger partial charge in [-0.15, -0.1) is 0 Å². The zero-order valence-corrected chi connectivity index (χ0v) is 22.7. The fourth-order valence-corrected chi connectivity index (χ4v) is 7.80. The lowest BCUT2D eigenvalue weighted by Crippen LogP contribution is -2.50. The van der Waals surface area contributed by atoms with Crippen LogP contribution < -0.4 is 4.90 Å². The summed E-state index contributed by atoms with van der Waals surface area (Å²) < 4.78 is 35.5. The number of pyridine rings is 1. The monoisotopic (exact) mass is 564 g/mol. The molecule has 2 fully saturated rings. The Hall–Kier alpha value is -2.01. The average Bonchev–Trinajstić information content (AvgIpc) is 2.84. The van der Waals surface area contributed by atoms with Crippen LogP contribution in [0.3, 0.4) is 0 Å². The molecule has 1 aromatic heterocycles. The third kappa shape index (κ3) is 6.04. The minimum absolute atomic E-state index is 0.0318. The highest BCUT2D eigenvalue weighted by molar-refractivity contribution is 9.10. The number of carbonyl (C=O) groups is 1. The van der Waals surface area contributed by atoms with Crippen LogP contribution in [0.25, 0.3) is 0 Å². The van der Waals surface area contributed by atoms with Gasteiger partial charge in [0.2, 0.25) is 15.9 Å². The molecule has 2 aromatic rings. The molecule has 1 unspecified atom stereocenters. The molecule has 35 heavy (non-hydrogen) atoms. The van der Waals surface area contributed by atoms with Crippen molar-refractivity contribution in [3.63, 3.8) is 0 Å². The van der Waals surface area contributed by atoms with Gasteiger partial charge in [0.05, 0.1) is 11.5 Å². The van der Waals surface area contributed by atoms with Crippen LogP contribution in [0.15, 0.2) is 46.0 Å². The Labute approximate surface area is 216 Å². The summed E-state index contributed by atoms with van der Waals surface area (Å²) in [5.74, 6) is -0.0517. The maximum absolute atomic E-state index is 13.6. The first-order valence-corrected chi connectivity index (χ1v) is 14.3. The Kier molecular flexibility index (Phi) is 8.46. The van der Waals surface area contributed by atoms with Gasteiger partial charge in [0, 0.05) is 61.3 Å². The quantitative estimate of drug-likeness (QED) is 0.512. The SMILES string of the molecule is Cc1cc(Br)cc(C)c1S(=O)(=O)N1CCCCC1COCC(=O)N1CCN(c2ccncc2)CC1. The molecule has 2 saturated heterocycles. The van der Waals surface area contributed by atoms with Gasteiger partial charge in [0.1, 0.15) is 6.61 Å². The van der Waals surface area contributed by atoms with E-state index in [0.29, 0.717) is 24.5 Å². The number of hydrogen-bond donors (Lipinski definition) is 0. The summed E-state index contributed by atoms with van der Waals surface area (Å²) in [5, 5.41) is 0. The second kappa shape index (κ2) is 11.4. The Morgan fingerprint density at radius 1 is 1.06 bits per heavy atom. The summed E-state index contributed by atoms with van der Waals surface area (Å²) in [5.41, 5.74) is 2.56. The van der Waals surface area contributed by atoms with Gasteiger partial charge < -0.3 is 14.5 Å². The van der Waals surface area contributed by atoms with Gasteiger partial charge in [-0.1, -0.05) is 22.4 Å². The van der Waals surface area contributed by atoms with Crippen LogP contribution in [0, 0.1) is 13.8 Å². The second-order valence-electron chi connectivity index (χ2n) is 9.22. The lowest BCUT2D eigenvalue weighted by Gasteiger charge is -2.37. The van der Waals surface area contributed by atoms with E-state index in [0.717, 1.165) is 53.6 Å². The molecular formula is C25H33BrN4O4S. The fourth-order valence-electron chi connectivity index (χ4n) is 5.02. The van der Waals surface area contributed by atoms with E-state index in [-0.39, 0.29) is 25.2 Å². The summed E-state index contributed by atoms with van der Waals surface area (Å²) in [6.45, 7) is 7.10. The van der Waals surface area contributed by atoms with Gasteiger partial charge in [0.15, 0.2) is 0 Å². The molecule has 1 aromatic carbocycles. The summed E-state index contributed by atoms with van der Waals surface area (Å²) in [6.07, 6.45) is 6.05. The van der Waals surface area contributed by atoms with Crippen LogP contribution >= 0.6 is 15.9 Å². The van der Waals surface area contributed by atoms with Crippen LogP contribution in [0.2, 0.25) is 0 Å². The van der Waals surface area contributed by atoms with Gasteiger partial charge in [-0.05, 0) is 62.1 Å². The summed E-state index contributed by atoms with van der Waals surface area (Å²) in [7, 11) is -3.67. The number of piperidine rings is 1. The van der Waals surface area contributed by atoms with Crippen LogP contribution in [-0.2, 0) is 19.6 Å². The molecular weight excluding hydrogens is 532 g/mol. The van der Waals surface area contributed by atoms with Gasteiger partial charge in [-0.25, -0.2) is 8.42 Å². The molecule has 0 aliphatic carbocycles. The second-order valence-corrected chi connectivity index (χ2v) is 12.0. The van der Waals surface area contributed by atoms with Crippen LogP contribution in [0.1, 0.15) is 30.4 Å². The Morgan fingerprint density at radius 2 is 1.71 bits per heavy atom. The third-order valence-corrected chi connectivity index (χ3v) is 9.48. The maximum Gasteiger partial charge on any atom is 0.248 e. The molecule has 4 rings (SSSR count). The highest BCUT2D eigenvalue weighted by Gasteiger charge is 2.35. The van der Waals surface area contributed by atoms with Crippen molar-refractivity contribution in [2.75, 3.05) is 50.8 Å². The van der Waals surface area contributed by atoms with E-state index in [9.17, 15) is 13.2 Å². The third-order valence-electron chi connectivity index (χ3n) is 6.76. The van der Waals surface area contributed by atoms with E-state index in [1.54, 1.807) is 16.7 Å². The van der Waals surface area contributed by atoms with E-state index >= 15 is 0 Å². The predicted molar refractivity (Wildman–Crippen MR) is 139 cm³/mol. The first-order chi connectivity index (χ1) is 16.8. The molecule has 2 aliphatic rings. The van der Waals surface area contributed by atoms with E-state index < -0.39 is 10.0 Å². The molecule has 190 valence electrons. The Morgan fingerprint density at radius 3 is 2.37 bits per heavy atom. The highest BCUT2D eigenvalue weighted by atomic mass is 79.9. The lowest BCUT2D eigenvalue weighted by molar-refractivity contribution is -0.137. The predicted octanol–water partition coefficient (Wildman–Crippen LogP) is 3.37. The molecule has 10 heteroatoms. The van der Waals surface area contributed by atoms with E-state index in [2.05, 4.69) is 25.8 Å². The van der Waals surface area contributed by atoms with Crippen molar-refractivity contribution < 1.29 is 17.9 Å². The summed E-state index contributed by atoms with van der Waals surface area (Å²) in [4.78, 5) is 21.2. The lowest BCUT2D eigenvalue weighted by atomic mass is 10.1. The number of sulfonamides is 1. The van der Waals surface area contributed by atoms with Crippen molar-refractivity contribution >= 4 is 37.5 Å². The molecule has 0 bridgehead atoms. The number of nitrogens with zero attached hydrogens (tertiary/aromatic N) is 4. The molecule has 0 N–H and O–H groups in total. The molecule has 8 nitrogen and oxygen atoms in total. The smallest absolute Gasteiger partial charge is 0.248 e. The number of halogens is 1. The van der Waals surface area contributed by atoms with Crippen molar-refractivity contribution in [2.45, 2.75) is 44.0 Å². The first-order valence-electron chi connectivity index (χ1n) is 12.1. The average molecular weight is 566 g/mol. The Balaban J connectivity index is 1.33. The zero-order chi connectivity index (χ0) is 25.0. The van der Waals surface area contributed by atoms with Crippen LogP contribution in [0.5, 0.6) is 0 Å². The molecule has 0 saturated carbocycles. The number of amides is 1. The normalized spacial score (nSPS) is 19.7. The number of aromatic nitrogens is 1. The molecule has 1 atom stereocenters. The number of rotatable bonds is 7. The Bertz CT molecular complexity index is 1110. The van der Waals surface area contributed by atoms with E-state index in [1.807, 2.05) is 43.0 Å². The van der Waals surface area contributed by atoms with Crippen molar-refractivity contribution in [1.82, 2.24) is 14.2 Å². The topological polar surface area (TPSA) is 83.0 Å². The minimum Gasteiger partial charge on any atom is -0.370 e. The number of ether oxygens (including phenoxy) is 1. The number of carbonyl (C=O) groups excluding carboxylic acids is 1. The van der Waals surface area contributed by atoms with E-state index in [1.165, 1.54) is 0 Å². The number of anilines is 1. The van der Waals surface area contributed by atoms with Gasteiger partial charge in [-0.3, -0.25) is 9.78 Å². The highest BCUT2D eigenvalue weighted by Crippen LogP contribution is 2.31. The van der Waals surface area contributed by atoms with Gasteiger partial charge in [-0.2, -0.15) is 4.31 Å². The molecule has 0 spiro atoms. The van der Waals surface area contributed by atoms with Crippen molar-refractivity contribution in [3.8, 4) is 0 Å². The fraction of sp³-hybridized carbons (Fsp3) is 0.520. The standard InChI is InChI=1S/C25H33BrN4O4S/c1-19-15-21(26)16-20(2)25(19)35(32,33)30-10-4-3-5-23(30)17-34-18-24(31)29-13-11-28(12-14-29)22-6-8-27-9-7-22/h6-9,15-16,23H,3-5,10-14,17-18H2,1-2H3. The number of hydrogen-bond acceptors (Lipinski definition) is 6. The first kappa shape index (κ1) is 26.1. The zero-order valence-electron chi connectivity index (χ0n) is 20.3.